The summed E-state index contributed by atoms with van der Waals surface area (Å²) in [4.78, 5) is 1.05. The molecule has 0 heterocycles. The summed E-state index contributed by atoms with van der Waals surface area (Å²) in [5.74, 6) is 0.670. The smallest absolute Gasteiger partial charge is 0.0772 e. The molecule has 0 aliphatic carbocycles. The molecule has 1 atom stereocenters. The van der Waals surface area contributed by atoms with E-state index in [9.17, 15) is 5.11 Å². The monoisotopic (exact) mass is 198 g/mol. The second-order valence-electron chi connectivity index (χ2n) is 2.79. The van der Waals surface area contributed by atoms with Crippen LogP contribution in [0.5, 0.6) is 0 Å². The summed E-state index contributed by atoms with van der Waals surface area (Å²) in [5, 5.41) is 18.1. The van der Waals surface area contributed by atoms with Crippen molar-refractivity contribution in [2.45, 2.75) is 17.9 Å². The Morgan fingerprint density at radius 3 is 2.69 bits per heavy atom. The van der Waals surface area contributed by atoms with E-state index in [1.807, 2.05) is 24.3 Å². The van der Waals surface area contributed by atoms with Crippen molar-refractivity contribution in [2.24, 2.45) is 0 Å². The van der Waals surface area contributed by atoms with Gasteiger partial charge in [-0.05, 0) is 18.6 Å². The van der Waals surface area contributed by atoms with E-state index < -0.39 is 6.10 Å². The minimum Gasteiger partial charge on any atom is -0.396 e. The zero-order valence-corrected chi connectivity index (χ0v) is 8.42. The number of aliphatic hydroxyl groups is 2. The normalized spacial score (nSPS) is 12.8. The topological polar surface area (TPSA) is 40.5 Å². The van der Waals surface area contributed by atoms with Crippen LogP contribution in [-0.2, 0) is 0 Å². The summed E-state index contributed by atoms with van der Waals surface area (Å²) in [5.41, 5.74) is 0.931. The quantitative estimate of drug-likeness (QED) is 0.725. The van der Waals surface area contributed by atoms with Gasteiger partial charge in [0.05, 0.1) is 12.7 Å². The average Bonchev–Trinajstić information content (AvgIpc) is 2.15. The van der Waals surface area contributed by atoms with Gasteiger partial charge in [-0.15, -0.1) is 11.8 Å². The van der Waals surface area contributed by atoms with Crippen molar-refractivity contribution in [3.8, 4) is 0 Å². The Hall–Kier alpha value is -0.510. The molecule has 2 N–H and O–H groups in total. The van der Waals surface area contributed by atoms with Gasteiger partial charge in [-0.3, -0.25) is 0 Å². The third-order valence-electron chi connectivity index (χ3n) is 1.72. The summed E-state index contributed by atoms with van der Waals surface area (Å²) in [6.45, 7) is 1.91. The molecule has 0 aliphatic rings. The van der Waals surface area contributed by atoms with Crippen molar-refractivity contribution < 1.29 is 10.2 Å². The van der Waals surface area contributed by atoms with Crippen LogP contribution >= 0.6 is 11.8 Å². The molecule has 0 aromatic heterocycles. The molecule has 0 aliphatic heterocycles. The predicted molar refractivity (Wildman–Crippen MR) is 54.9 cm³/mol. The molecule has 0 amide bonds. The van der Waals surface area contributed by atoms with Crippen LogP contribution in [0.2, 0.25) is 0 Å². The van der Waals surface area contributed by atoms with Gasteiger partial charge in [-0.25, -0.2) is 0 Å². The van der Waals surface area contributed by atoms with E-state index in [4.69, 9.17) is 5.11 Å². The molecule has 0 unspecified atom stereocenters. The van der Waals surface area contributed by atoms with Crippen molar-refractivity contribution in [3.63, 3.8) is 0 Å². The van der Waals surface area contributed by atoms with E-state index in [-0.39, 0.29) is 6.61 Å². The molecule has 13 heavy (non-hydrogen) atoms. The molecule has 0 radical (unpaired) electrons. The molecule has 3 heteroatoms. The minimum absolute atomic E-state index is 0.165. The first-order chi connectivity index (χ1) is 6.25. The first kappa shape index (κ1) is 10.6. The molecule has 72 valence electrons. The fourth-order valence-corrected chi connectivity index (χ4v) is 2.00. The van der Waals surface area contributed by atoms with Gasteiger partial charge in [0.2, 0.25) is 0 Å². The van der Waals surface area contributed by atoms with E-state index >= 15 is 0 Å². The molecule has 0 spiro atoms. The Labute approximate surface area is 82.6 Å². The average molecular weight is 198 g/mol. The van der Waals surface area contributed by atoms with E-state index in [0.717, 1.165) is 10.5 Å². The van der Waals surface area contributed by atoms with E-state index in [0.29, 0.717) is 5.75 Å². The fraction of sp³-hybridized carbons (Fsp3) is 0.400. The fourth-order valence-electron chi connectivity index (χ4n) is 1.11. The van der Waals surface area contributed by atoms with Gasteiger partial charge < -0.3 is 10.2 Å². The maximum Gasteiger partial charge on any atom is 0.0772 e. The van der Waals surface area contributed by atoms with Crippen molar-refractivity contribution >= 4 is 11.8 Å². The molecule has 2 nitrogen and oxygen atoms in total. The molecule has 1 aromatic rings. The van der Waals surface area contributed by atoms with Gasteiger partial charge in [0.25, 0.3) is 0 Å². The number of rotatable bonds is 4. The van der Waals surface area contributed by atoms with Crippen LogP contribution < -0.4 is 0 Å². The summed E-state index contributed by atoms with van der Waals surface area (Å²) in [7, 11) is 0. The zero-order valence-electron chi connectivity index (χ0n) is 7.60. The lowest BCUT2D eigenvalue weighted by atomic mass is 10.1. The third kappa shape index (κ3) is 3.03. The lowest BCUT2D eigenvalue weighted by molar-refractivity contribution is 0.196. The van der Waals surface area contributed by atoms with Crippen LogP contribution in [0.1, 0.15) is 18.6 Å². The molecule has 0 saturated heterocycles. The summed E-state index contributed by atoms with van der Waals surface area (Å²) < 4.78 is 0. The highest BCUT2D eigenvalue weighted by Gasteiger charge is 2.06. The molecule has 0 saturated carbocycles. The Kier molecular flexibility index (Phi) is 4.28. The van der Waals surface area contributed by atoms with Gasteiger partial charge in [-0.1, -0.05) is 18.2 Å². The molecule has 0 bridgehead atoms. The summed E-state index contributed by atoms with van der Waals surface area (Å²) in [6.07, 6.45) is -0.442. The van der Waals surface area contributed by atoms with Gasteiger partial charge in [0.15, 0.2) is 0 Å². The minimum atomic E-state index is -0.442. The van der Waals surface area contributed by atoms with Gasteiger partial charge in [0.1, 0.15) is 0 Å². The number of aliphatic hydroxyl groups excluding tert-OH is 2. The standard InChI is InChI=1S/C10H14O2S/c1-8(12)9-4-2-3-5-10(9)13-7-6-11/h2-5,8,11-12H,6-7H2,1H3/t8-/m1/s1. The number of hydrogen-bond acceptors (Lipinski definition) is 3. The Morgan fingerprint density at radius 2 is 2.08 bits per heavy atom. The molecular formula is C10H14O2S. The Balaban J connectivity index is 2.78. The maximum atomic E-state index is 9.43. The van der Waals surface area contributed by atoms with E-state index in [2.05, 4.69) is 0 Å². The largest absolute Gasteiger partial charge is 0.396 e. The van der Waals surface area contributed by atoms with Gasteiger partial charge in [0, 0.05) is 10.6 Å². The van der Waals surface area contributed by atoms with Crippen molar-refractivity contribution in [1.29, 1.82) is 0 Å². The molecule has 1 rings (SSSR count). The molecule has 1 aromatic carbocycles. The van der Waals surface area contributed by atoms with Gasteiger partial charge in [-0.2, -0.15) is 0 Å². The van der Waals surface area contributed by atoms with Crippen LogP contribution in [0.15, 0.2) is 29.2 Å². The summed E-state index contributed by atoms with van der Waals surface area (Å²) in [6, 6.07) is 7.71. The zero-order chi connectivity index (χ0) is 9.68. The molecular weight excluding hydrogens is 184 g/mol. The number of benzene rings is 1. The van der Waals surface area contributed by atoms with Crippen LogP contribution in [-0.4, -0.2) is 22.6 Å². The molecule has 0 fully saturated rings. The van der Waals surface area contributed by atoms with Crippen LogP contribution in [0, 0.1) is 0 Å². The van der Waals surface area contributed by atoms with Crippen LogP contribution in [0.4, 0.5) is 0 Å². The van der Waals surface area contributed by atoms with E-state index in [1.165, 1.54) is 0 Å². The highest BCUT2D eigenvalue weighted by atomic mass is 32.2. The van der Waals surface area contributed by atoms with Crippen molar-refractivity contribution in [1.82, 2.24) is 0 Å². The van der Waals surface area contributed by atoms with Crippen LogP contribution in [0.25, 0.3) is 0 Å². The van der Waals surface area contributed by atoms with E-state index in [1.54, 1.807) is 18.7 Å². The Morgan fingerprint density at radius 1 is 1.38 bits per heavy atom. The van der Waals surface area contributed by atoms with Crippen LogP contribution in [0.3, 0.4) is 0 Å². The lowest BCUT2D eigenvalue weighted by Gasteiger charge is -2.10. The first-order valence-electron chi connectivity index (χ1n) is 4.26. The summed E-state index contributed by atoms with van der Waals surface area (Å²) >= 11 is 1.57. The first-order valence-corrected chi connectivity index (χ1v) is 5.25. The predicted octanol–water partition coefficient (Wildman–Crippen LogP) is 1.82. The lowest BCUT2D eigenvalue weighted by Crippen LogP contribution is -1.95. The second-order valence-corrected chi connectivity index (χ2v) is 3.92. The number of hydrogen-bond donors (Lipinski definition) is 2. The Bertz CT molecular complexity index is 261. The SMILES string of the molecule is C[C@@H](O)c1ccccc1SCCO. The number of thioether (sulfide) groups is 1. The third-order valence-corrected chi connectivity index (χ3v) is 2.79. The maximum absolute atomic E-state index is 9.43. The highest BCUT2D eigenvalue weighted by Crippen LogP contribution is 2.26. The second kappa shape index (κ2) is 5.27. The van der Waals surface area contributed by atoms with Crippen molar-refractivity contribution in [3.05, 3.63) is 29.8 Å². The van der Waals surface area contributed by atoms with Crippen molar-refractivity contribution in [2.75, 3.05) is 12.4 Å². The van der Waals surface area contributed by atoms with Gasteiger partial charge >= 0.3 is 0 Å². The highest BCUT2D eigenvalue weighted by molar-refractivity contribution is 7.99.